The Kier molecular flexibility index (Phi) is 4.83. The molecule has 0 aliphatic heterocycles. The largest absolute Gasteiger partial charge is 0.310 e. The minimum absolute atomic E-state index is 0.0294. The van der Waals surface area contributed by atoms with Gasteiger partial charge in [-0.15, -0.1) is 0 Å². The smallest absolute Gasteiger partial charge is 0.243 e. The number of hydrogen-bond acceptors (Lipinski definition) is 3. The van der Waals surface area contributed by atoms with Gasteiger partial charge in [-0.05, 0) is 44.4 Å². The molecule has 2 rings (SSSR count). The van der Waals surface area contributed by atoms with Crippen LogP contribution in [0.2, 0.25) is 0 Å². The van der Waals surface area contributed by atoms with Gasteiger partial charge in [-0.3, -0.25) is 0 Å². The fourth-order valence-corrected chi connectivity index (χ4v) is 4.03. The molecule has 0 unspecified atom stereocenters. The lowest BCUT2D eigenvalue weighted by atomic mass is 10.2. The molecule has 0 bridgehead atoms. The average molecular weight is 296 g/mol. The van der Waals surface area contributed by atoms with Crippen molar-refractivity contribution in [2.75, 3.05) is 6.54 Å². The maximum atomic E-state index is 12.6. The van der Waals surface area contributed by atoms with Crippen LogP contribution in [0.15, 0.2) is 29.2 Å². The third kappa shape index (κ3) is 3.59. The predicted molar refractivity (Wildman–Crippen MR) is 81.0 cm³/mol. The lowest BCUT2D eigenvalue weighted by Gasteiger charge is -2.24. The first-order valence-electron chi connectivity index (χ1n) is 7.29. The Morgan fingerprint density at radius 2 is 2.05 bits per heavy atom. The van der Waals surface area contributed by atoms with E-state index in [1.807, 2.05) is 32.9 Å². The molecule has 0 atom stereocenters. The first-order valence-corrected chi connectivity index (χ1v) is 8.73. The Morgan fingerprint density at radius 1 is 1.35 bits per heavy atom. The first-order chi connectivity index (χ1) is 9.45. The molecule has 1 aliphatic rings. The van der Waals surface area contributed by atoms with Gasteiger partial charge >= 0.3 is 0 Å². The summed E-state index contributed by atoms with van der Waals surface area (Å²) in [6, 6.07) is 7.86. The Balaban J connectivity index is 2.19. The van der Waals surface area contributed by atoms with Gasteiger partial charge in [0.15, 0.2) is 0 Å². The molecule has 1 aromatic rings. The lowest BCUT2D eigenvalue weighted by molar-refractivity contribution is 0.369. The maximum Gasteiger partial charge on any atom is 0.243 e. The molecule has 4 nitrogen and oxygen atoms in total. The first kappa shape index (κ1) is 15.5. The van der Waals surface area contributed by atoms with Crippen molar-refractivity contribution in [3.63, 3.8) is 0 Å². The second-order valence-corrected chi connectivity index (χ2v) is 7.50. The van der Waals surface area contributed by atoms with E-state index in [0.717, 1.165) is 12.1 Å². The van der Waals surface area contributed by atoms with Gasteiger partial charge in [0.1, 0.15) is 0 Å². The molecule has 0 aromatic heterocycles. The molecule has 1 aliphatic carbocycles. The predicted octanol–water partition coefficient (Wildman–Crippen LogP) is 2.36. The maximum absolute atomic E-state index is 12.6. The highest BCUT2D eigenvalue weighted by molar-refractivity contribution is 7.89. The molecule has 5 heteroatoms. The topological polar surface area (TPSA) is 49.4 Å². The Labute approximate surface area is 122 Å². The van der Waals surface area contributed by atoms with Crippen LogP contribution in [0.4, 0.5) is 0 Å². The fourth-order valence-electron chi connectivity index (χ4n) is 2.31. The Hall–Kier alpha value is -0.910. The number of rotatable bonds is 7. The van der Waals surface area contributed by atoms with Crippen molar-refractivity contribution in [2.45, 2.75) is 57.1 Å². The highest BCUT2D eigenvalue weighted by Crippen LogP contribution is 2.21. The quantitative estimate of drug-likeness (QED) is 0.840. The molecule has 1 aromatic carbocycles. The molecule has 0 spiro atoms. The van der Waals surface area contributed by atoms with Crippen LogP contribution >= 0.6 is 0 Å². The minimum Gasteiger partial charge on any atom is -0.310 e. The zero-order chi connectivity index (χ0) is 14.8. The van der Waals surface area contributed by atoms with E-state index in [2.05, 4.69) is 5.32 Å². The second-order valence-electron chi connectivity index (χ2n) is 5.60. The molecular weight excluding hydrogens is 272 g/mol. The molecule has 0 heterocycles. The molecular formula is C15H24N2O2S. The summed E-state index contributed by atoms with van der Waals surface area (Å²) >= 11 is 0. The summed E-state index contributed by atoms with van der Waals surface area (Å²) in [4.78, 5) is 0.392. The summed E-state index contributed by atoms with van der Waals surface area (Å²) in [6.07, 6.45) is 2.46. The SMILES string of the molecule is CCN(C(C)C)S(=O)(=O)c1cccc(CNC2CC2)c1. The third-order valence-corrected chi connectivity index (χ3v) is 5.71. The van der Waals surface area contributed by atoms with Crippen LogP contribution in [0.25, 0.3) is 0 Å². The fraction of sp³-hybridized carbons (Fsp3) is 0.600. The van der Waals surface area contributed by atoms with Crippen LogP contribution in [0.5, 0.6) is 0 Å². The van der Waals surface area contributed by atoms with E-state index in [1.165, 1.54) is 17.1 Å². The summed E-state index contributed by atoms with van der Waals surface area (Å²) in [5.74, 6) is 0. The second kappa shape index (κ2) is 6.24. The van der Waals surface area contributed by atoms with Crippen LogP contribution in [-0.4, -0.2) is 31.4 Å². The van der Waals surface area contributed by atoms with E-state index in [1.54, 1.807) is 12.1 Å². The zero-order valence-electron chi connectivity index (χ0n) is 12.5. The summed E-state index contributed by atoms with van der Waals surface area (Å²) in [5, 5.41) is 3.41. The molecule has 1 N–H and O–H groups in total. The normalized spacial score (nSPS) is 16.1. The van der Waals surface area contributed by atoms with E-state index in [-0.39, 0.29) is 6.04 Å². The highest BCUT2D eigenvalue weighted by atomic mass is 32.2. The monoisotopic (exact) mass is 296 g/mol. The van der Waals surface area contributed by atoms with Crippen molar-refractivity contribution in [2.24, 2.45) is 0 Å². The molecule has 20 heavy (non-hydrogen) atoms. The van der Waals surface area contributed by atoms with Gasteiger partial charge in [0.2, 0.25) is 10.0 Å². The zero-order valence-corrected chi connectivity index (χ0v) is 13.3. The van der Waals surface area contributed by atoms with E-state index in [9.17, 15) is 8.42 Å². The number of hydrogen-bond donors (Lipinski definition) is 1. The van der Waals surface area contributed by atoms with Gasteiger partial charge in [-0.1, -0.05) is 19.1 Å². The van der Waals surface area contributed by atoms with Crippen molar-refractivity contribution in [3.05, 3.63) is 29.8 Å². The highest BCUT2D eigenvalue weighted by Gasteiger charge is 2.25. The number of nitrogens with zero attached hydrogens (tertiary/aromatic N) is 1. The van der Waals surface area contributed by atoms with Crippen LogP contribution in [-0.2, 0) is 16.6 Å². The summed E-state index contributed by atoms with van der Waals surface area (Å²) in [5.41, 5.74) is 1.03. The van der Waals surface area contributed by atoms with Gasteiger partial charge in [-0.2, -0.15) is 4.31 Å². The van der Waals surface area contributed by atoms with Crippen molar-refractivity contribution in [3.8, 4) is 0 Å². The van der Waals surface area contributed by atoms with Crippen molar-refractivity contribution < 1.29 is 8.42 Å². The minimum atomic E-state index is -3.39. The van der Waals surface area contributed by atoms with Crippen molar-refractivity contribution in [1.82, 2.24) is 9.62 Å². The van der Waals surface area contributed by atoms with E-state index in [0.29, 0.717) is 17.5 Å². The van der Waals surface area contributed by atoms with Gasteiger partial charge in [-0.25, -0.2) is 8.42 Å². The summed E-state index contributed by atoms with van der Waals surface area (Å²) in [7, 11) is -3.39. The molecule has 1 saturated carbocycles. The Morgan fingerprint density at radius 3 is 2.60 bits per heavy atom. The van der Waals surface area contributed by atoms with Gasteiger partial charge in [0, 0.05) is 25.2 Å². The summed E-state index contributed by atoms with van der Waals surface area (Å²) < 4.78 is 26.8. The van der Waals surface area contributed by atoms with Crippen molar-refractivity contribution >= 4 is 10.0 Å². The van der Waals surface area contributed by atoms with E-state index in [4.69, 9.17) is 0 Å². The van der Waals surface area contributed by atoms with Crippen LogP contribution < -0.4 is 5.32 Å². The summed E-state index contributed by atoms with van der Waals surface area (Å²) in [6.45, 7) is 6.90. The number of nitrogens with one attached hydrogen (secondary N) is 1. The van der Waals surface area contributed by atoms with Crippen LogP contribution in [0.3, 0.4) is 0 Å². The van der Waals surface area contributed by atoms with Crippen LogP contribution in [0, 0.1) is 0 Å². The Bertz CT molecular complexity index is 551. The standard InChI is InChI=1S/C15H24N2O2S/c1-4-17(12(2)3)20(18,19)15-7-5-6-13(10-15)11-16-14-8-9-14/h5-7,10,12,14,16H,4,8-9,11H2,1-3H3. The number of sulfonamides is 1. The van der Waals surface area contributed by atoms with Crippen molar-refractivity contribution in [1.29, 1.82) is 0 Å². The lowest BCUT2D eigenvalue weighted by Crippen LogP contribution is -2.36. The molecule has 0 saturated heterocycles. The molecule has 0 radical (unpaired) electrons. The van der Waals surface area contributed by atoms with Gasteiger partial charge in [0.05, 0.1) is 4.90 Å². The van der Waals surface area contributed by atoms with E-state index >= 15 is 0 Å². The third-order valence-electron chi connectivity index (χ3n) is 3.56. The molecule has 0 amide bonds. The molecule has 112 valence electrons. The van der Waals surface area contributed by atoms with E-state index < -0.39 is 10.0 Å². The number of benzene rings is 1. The van der Waals surface area contributed by atoms with Crippen LogP contribution in [0.1, 0.15) is 39.2 Å². The van der Waals surface area contributed by atoms with Gasteiger partial charge in [0.25, 0.3) is 0 Å². The van der Waals surface area contributed by atoms with Gasteiger partial charge < -0.3 is 5.32 Å². The average Bonchev–Trinajstić information content (AvgIpc) is 3.20. The molecule has 1 fully saturated rings.